The second-order valence-corrected chi connectivity index (χ2v) is 3.71. The second kappa shape index (κ2) is 3.75. The first-order valence-electron chi connectivity index (χ1n) is 3.57. The number of benzene rings is 1. The standard InChI is InChI=1S/C9H7IN2O/c1-5(13)8-7(10)3-2-6(4-11)9(8)12/h2-3H,12H2,1H3. The average Bonchev–Trinajstić information content (AvgIpc) is 2.04. The number of nitriles is 1. The number of carbonyl (C=O) groups excluding carboxylic acids is 1. The second-order valence-electron chi connectivity index (χ2n) is 2.55. The van der Waals surface area contributed by atoms with E-state index in [-0.39, 0.29) is 11.5 Å². The molecule has 0 radical (unpaired) electrons. The SMILES string of the molecule is CC(=O)c1c(I)ccc(C#N)c1N. The van der Waals surface area contributed by atoms with Gasteiger partial charge in [-0.1, -0.05) is 0 Å². The molecule has 66 valence electrons. The molecule has 0 aliphatic carbocycles. The summed E-state index contributed by atoms with van der Waals surface area (Å²) >= 11 is 2.02. The maximum atomic E-state index is 11.2. The Hall–Kier alpha value is -1.09. The van der Waals surface area contributed by atoms with E-state index in [9.17, 15) is 4.79 Å². The van der Waals surface area contributed by atoms with Crippen LogP contribution in [0, 0.1) is 14.9 Å². The number of nitrogens with zero attached hydrogens (tertiary/aromatic N) is 1. The first-order chi connectivity index (χ1) is 6.07. The maximum absolute atomic E-state index is 11.2. The predicted octanol–water partition coefficient (Wildman–Crippen LogP) is 1.95. The summed E-state index contributed by atoms with van der Waals surface area (Å²) in [4.78, 5) is 11.2. The zero-order valence-electron chi connectivity index (χ0n) is 6.97. The molecule has 2 N–H and O–H groups in total. The molecule has 0 unspecified atom stereocenters. The van der Waals surface area contributed by atoms with E-state index in [0.717, 1.165) is 3.57 Å². The number of Topliss-reactive ketones (excluding diaryl/α,β-unsaturated/α-hetero) is 1. The lowest BCUT2D eigenvalue weighted by atomic mass is 10.1. The zero-order valence-corrected chi connectivity index (χ0v) is 9.12. The van der Waals surface area contributed by atoms with Gasteiger partial charge in [0.05, 0.1) is 16.8 Å². The van der Waals surface area contributed by atoms with Gasteiger partial charge in [-0.2, -0.15) is 5.26 Å². The Kier molecular flexibility index (Phi) is 2.88. The highest BCUT2D eigenvalue weighted by molar-refractivity contribution is 14.1. The minimum atomic E-state index is -0.112. The molecule has 0 saturated heterocycles. The van der Waals surface area contributed by atoms with Gasteiger partial charge in [-0.15, -0.1) is 0 Å². The lowest BCUT2D eigenvalue weighted by molar-refractivity contribution is 0.101. The van der Waals surface area contributed by atoms with Gasteiger partial charge in [0.1, 0.15) is 6.07 Å². The molecular weight excluding hydrogens is 279 g/mol. The van der Waals surface area contributed by atoms with E-state index in [0.29, 0.717) is 11.1 Å². The molecule has 0 bridgehead atoms. The third-order valence-electron chi connectivity index (χ3n) is 1.67. The van der Waals surface area contributed by atoms with Crippen molar-refractivity contribution in [3.05, 3.63) is 26.8 Å². The topological polar surface area (TPSA) is 66.9 Å². The van der Waals surface area contributed by atoms with Crippen LogP contribution in [0.25, 0.3) is 0 Å². The average molecular weight is 286 g/mol. The van der Waals surface area contributed by atoms with Crippen LogP contribution in [-0.2, 0) is 0 Å². The van der Waals surface area contributed by atoms with E-state index in [1.54, 1.807) is 12.1 Å². The molecule has 0 spiro atoms. The molecule has 3 nitrogen and oxygen atoms in total. The summed E-state index contributed by atoms with van der Waals surface area (Å²) in [5.41, 5.74) is 6.72. The van der Waals surface area contributed by atoms with E-state index in [4.69, 9.17) is 11.0 Å². The number of hydrogen-bond donors (Lipinski definition) is 1. The first kappa shape index (κ1) is 9.99. The number of halogens is 1. The first-order valence-corrected chi connectivity index (χ1v) is 4.64. The van der Waals surface area contributed by atoms with Gasteiger partial charge in [0, 0.05) is 3.57 Å². The van der Waals surface area contributed by atoms with Gasteiger partial charge < -0.3 is 5.73 Å². The zero-order chi connectivity index (χ0) is 10.0. The van der Waals surface area contributed by atoms with Crippen molar-refractivity contribution >= 4 is 34.1 Å². The number of hydrogen-bond acceptors (Lipinski definition) is 3. The highest BCUT2D eigenvalue weighted by atomic mass is 127. The fourth-order valence-electron chi connectivity index (χ4n) is 1.05. The Balaban J connectivity index is 3.50. The third kappa shape index (κ3) is 1.80. The highest BCUT2D eigenvalue weighted by Gasteiger charge is 2.12. The van der Waals surface area contributed by atoms with Crippen molar-refractivity contribution in [1.82, 2.24) is 0 Å². The van der Waals surface area contributed by atoms with Crippen LogP contribution in [0.5, 0.6) is 0 Å². The van der Waals surface area contributed by atoms with Crippen LogP contribution < -0.4 is 5.73 Å². The van der Waals surface area contributed by atoms with Crippen molar-refractivity contribution in [1.29, 1.82) is 5.26 Å². The highest BCUT2D eigenvalue weighted by Crippen LogP contribution is 2.23. The summed E-state index contributed by atoms with van der Waals surface area (Å²) in [6.07, 6.45) is 0. The molecule has 0 aliphatic rings. The van der Waals surface area contributed by atoms with Crippen LogP contribution in [-0.4, -0.2) is 5.78 Å². The molecule has 0 atom stereocenters. The molecule has 0 saturated carbocycles. The minimum Gasteiger partial charge on any atom is -0.397 e. The molecule has 0 amide bonds. The molecule has 1 aromatic carbocycles. The monoisotopic (exact) mass is 286 g/mol. The molecule has 0 aliphatic heterocycles. The van der Waals surface area contributed by atoms with Crippen LogP contribution in [0.2, 0.25) is 0 Å². The Bertz CT molecular complexity index is 407. The van der Waals surface area contributed by atoms with Gasteiger partial charge in [0.15, 0.2) is 5.78 Å². The summed E-state index contributed by atoms with van der Waals surface area (Å²) in [5, 5.41) is 8.67. The van der Waals surface area contributed by atoms with Gasteiger partial charge in [-0.3, -0.25) is 4.79 Å². The molecule has 0 fully saturated rings. The van der Waals surface area contributed by atoms with Crippen molar-refractivity contribution in [2.75, 3.05) is 5.73 Å². The molecule has 4 heteroatoms. The summed E-state index contributed by atoms with van der Waals surface area (Å²) < 4.78 is 0.779. The number of anilines is 1. The van der Waals surface area contributed by atoms with Gasteiger partial charge in [-0.05, 0) is 41.6 Å². The van der Waals surface area contributed by atoms with Crippen LogP contribution in [0.1, 0.15) is 22.8 Å². The molecule has 13 heavy (non-hydrogen) atoms. The molecule has 1 aromatic rings. The van der Waals surface area contributed by atoms with E-state index >= 15 is 0 Å². The Morgan fingerprint density at radius 1 is 1.62 bits per heavy atom. The van der Waals surface area contributed by atoms with E-state index in [1.807, 2.05) is 28.7 Å². The lowest BCUT2D eigenvalue weighted by Gasteiger charge is -2.05. The van der Waals surface area contributed by atoms with Crippen molar-refractivity contribution in [3.63, 3.8) is 0 Å². The van der Waals surface area contributed by atoms with Gasteiger partial charge in [-0.25, -0.2) is 0 Å². The number of nitrogen functional groups attached to an aromatic ring is 1. The van der Waals surface area contributed by atoms with Gasteiger partial charge >= 0.3 is 0 Å². The summed E-state index contributed by atoms with van der Waals surface area (Å²) in [6, 6.07) is 5.27. The van der Waals surface area contributed by atoms with Gasteiger partial charge in [0.25, 0.3) is 0 Å². The smallest absolute Gasteiger partial charge is 0.162 e. The molecule has 1 rings (SSSR count). The maximum Gasteiger partial charge on any atom is 0.162 e. The summed E-state index contributed by atoms with van der Waals surface area (Å²) in [7, 11) is 0. The normalized spacial score (nSPS) is 9.31. The quantitative estimate of drug-likeness (QED) is 0.487. The Morgan fingerprint density at radius 2 is 2.23 bits per heavy atom. The molecular formula is C9H7IN2O. The van der Waals surface area contributed by atoms with Crippen molar-refractivity contribution < 1.29 is 4.79 Å². The Morgan fingerprint density at radius 3 is 2.69 bits per heavy atom. The fraction of sp³-hybridized carbons (Fsp3) is 0.111. The van der Waals surface area contributed by atoms with Crippen molar-refractivity contribution in [2.24, 2.45) is 0 Å². The van der Waals surface area contributed by atoms with Crippen molar-refractivity contribution in [2.45, 2.75) is 6.92 Å². The minimum absolute atomic E-state index is 0.112. The number of nitrogens with two attached hydrogens (primary N) is 1. The van der Waals surface area contributed by atoms with Crippen LogP contribution in [0.4, 0.5) is 5.69 Å². The summed E-state index contributed by atoms with van der Waals surface area (Å²) in [6.45, 7) is 1.44. The van der Waals surface area contributed by atoms with Crippen LogP contribution in [0.3, 0.4) is 0 Å². The van der Waals surface area contributed by atoms with E-state index in [1.165, 1.54) is 6.92 Å². The van der Waals surface area contributed by atoms with Crippen LogP contribution in [0.15, 0.2) is 12.1 Å². The van der Waals surface area contributed by atoms with Gasteiger partial charge in [0.2, 0.25) is 0 Å². The van der Waals surface area contributed by atoms with E-state index < -0.39 is 0 Å². The Labute approximate surface area is 89.7 Å². The predicted molar refractivity (Wildman–Crippen MR) is 58.3 cm³/mol. The third-order valence-corrected chi connectivity index (χ3v) is 2.57. The molecule has 0 heterocycles. The van der Waals surface area contributed by atoms with E-state index in [2.05, 4.69) is 0 Å². The number of ketones is 1. The van der Waals surface area contributed by atoms with Crippen molar-refractivity contribution in [3.8, 4) is 6.07 Å². The summed E-state index contributed by atoms with van der Waals surface area (Å²) in [5.74, 6) is -0.112. The number of carbonyl (C=O) groups is 1. The largest absolute Gasteiger partial charge is 0.397 e. The fourth-order valence-corrected chi connectivity index (χ4v) is 1.90. The number of rotatable bonds is 1. The molecule has 0 aromatic heterocycles. The lowest BCUT2D eigenvalue weighted by Crippen LogP contribution is -2.04. The van der Waals surface area contributed by atoms with Crippen LogP contribution >= 0.6 is 22.6 Å².